The fourth-order valence-corrected chi connectivity index (χ4v) is 6.04. The molecule has 1 N–H and O–H groups in total. The van der Waals surface area contributed by atoms with Gasteiger partial charge in [0.25, 0.3) is 0 Å². The molecular weight excluding hydrogens is 344 g/mol. The number of fused-ring (bicyclic) bond motifs is 4. The smallest absolute Gasteiger partial charge is 0.118 e. The maximum Gasteiger partial charge on any atom is 0.118 e. The van der Waals surface area contributed by atoms with Crippen LogP contribution >= 0.6 is 0 Å². The first-order valence-electron chi connectivity index (χ1n) is 11.1. The first kappa shape index (κ1) is 18.4. The Labute approximate surface area is 169 Å². The lowest BCUT2D eigenvalue weighted by atomic mass is 9.81. The molecule has 8 unspecified atom stereocenters. The zero-order chi connectivity index (χ0) is 19.6. The number of rotatable bonds is 1. The summed E-state index contributed by atoms with van der Waals surface area (Å²) in [5, 5.41) is 4.01. The third-order valence-electron chi connectivity index (χ3n) is 7.68. The van der Waals surface area contributed by atoms with E-state index in [9.17, 15) is 0 Å². The minimum Gasteiger partial charge on any atom is -0.464 e. The molecule has 3 heteroatoms. The van der Waals surface area contributed by atoms with Crippen molar-refractivity contribution in [1.29, 1.82) is 0 Å². The fourth-order valence-electron chi connectivity index (χ4n) is 6.04. The van der Waals surface area contributed by atoms with Gasteiger partial charge in [0.2, 0.25) is 0 Å². The molecule has 2 heterocycles. The maximum absolute atomic E-state index is 6.71. The lowest BCUT2D eigenvalue weighted by molar-refractivity contribution is 0.187. The number of allylic oxidation sites excluding steroid dienone is 3. The van der Waals surface area contributed by atoms with Crippen LogP contribution in [0.3, 0.4) is 0 Å². The number of likely N-dealkylation sites (N-methyl/N-ethyl adjacent to an activating group) is 1. The second-order valence-corrected chi connectivity index (χ2v) is 9.81. The molecular formula is C25H34N2O. The molecule has 0 aromatic carbocycles. The van der Waals surface area contributed by atoms with Gasteiger partial charge in [-0.1, -0.05) is 64.2 Å². The van der Waals surface area contributed by atoms with Gasteiger partial charge in [0.05, 0.1) is 12.1 Å². The standard InChI is InChI=1S/C25H34N2O/c1-14-9-11-18-19-12-10-15(2)21(24(19)28-23(18)17(4)13-14)25-26-22-16(3)7-6-8-20(22)27(25)5/h6,8-12,14-17,20-22,25-26H,7,13H2,1-5H3. The van der Waals surface area contributed by atoms with Crippen molar-refractivity contribution in [3.05, 3.63) is 47.0 Å². The Balaban J connectivity index is 1.56. The Bertz CT molecular complexity index is 847. The SMILES string of the molecule is CC1C=Cc2c(oc3c2C=CC(C)C3C2NC3C(C)CC=CC3N2C)C(C)C1. The van der Waals surface area contributed by atoms with E-state index >= 15 is 0 Å². The highest BCUT2D eigenvalue weighted by Gasteiger charge is 2.47. The van der Waals surface area contributed by atoms with Crippen LogP contribution in [0.25, 0.3) is 12.2 Å². The molecule has 8 atom stereocenters. The minimum atomic E-state index is 0.312. The normalized spacial score (nSPS) is 42.2. The number of nitrogens with zero attached hydrogens (tertiary/aromatic N) is 1. The van der Waals surface area contributed by atoms with Crippen LogP contribution in [-0.4, -0.2) is 30.2 Å². The molecule has 0 bridgehead atoms. The highest BCUT2D eigenvalue weighted by Crippen LogP contribution is 2.47. The van der Waals surface area contributed by atoms with E-state index in [1.54, 1.807) is 0 Å². The predicted octanol–water partition coefficient (Wildman–Crippen LogP) is 5.38. The van der Waals surface area contributed by atoms with Crippen LogP contribution in [0.1, 0.15) is 75.0 Å². The molecule has 1 saturated heterocycles. The molecule has 0 amide bonds. The lowest BCUT2D eigenvalue weighted by Crippen LogP contribution is -2.43. The molecule has 1 fully saturated rings. The zero-order valence-corrected chi connectivity index (χ0v) is 17.9. The van der Waals surface area contributed by atoms with E-state index in [0.717, 1.165) is 6.42 Å². The second-order valence-electron chi connectivity index (χ2n) is 9.81. The summed E-state index contributed by atoms with van der Waals surface area (Å²) in [6.07, 6.45) is 16.8. The van der Waals surface area contributed by atoms with E-state index in [2.05, 4.69) is 81.4 Å². The van der Waals surface area contributed by atoms with Crippen molar-refractivity contribution in [2.24, 2.45) is 17.8 Å². The van der Waals surface area contributed by atoms with Crippen LogP contribution in [0.4, 0.5) is 0 Å². The summed E-state index contributed by atoms with van der Waals surface area (Å²) in [5.41, 5.74) is 2.65. The van der Waals surface area contributed by atoms with E-state index in [1.807, 2.05) is 0 Å². The van der Waals surface area contributed by atoms with Crippen molar-refractivity contribution in [2.45, 2.75) is 70.6 Å². The molecule has 3 aliphatic carbocycles. The van der Waals surface area contributed by atoms with Crippen molar-refractivity contribution in [3.63, 3.8) is 0 Å². The van der Waals surface area contributed by atoms with Gasteiger partial charge in [-0.3, -0.25) is 10.2 Å². The van der Waals surface area contributed by atoms with Gasteiger partial charge in [-0.15, -0.1) is 0 Å². The maximum atomic E-state index is 6.71. The van der Waals surface area contributed by atoms with Crippen LogP contribution in [-0.2, 0) is 0 Å². The van der Waals surface area contributed by atoms with Crippen molar-refractivity contribution < 1.29 is 4.42 Å². The van der Waals surface area contributed by atoms with Gasteiger partial charge in [-0.25, -0.2) is 0 Å². The molecule has 3 nitrogen and oxygen atoms in total. The highest BCUT2D eigenvalue weighted by molar-refractivity contribution is 5.71. The molecule has 28 heavy (non-hydrogen) atoms. The topological polar surface area (TPSA) is 28.4 Å². The largest absolute Gasteiger partial charge is 0.464 e. The van der Waals surface area contributed by atoms with E-state index < -0.39 is 0 Å². The fraction of sp³-hybridized carbons (Fsp3) is 0.600. The van der Waals surface area contributed by atoms with E-state index in [-0.39, 0.29) is 0 Å². The van der Waals surface area contributed by atoms with Crippen molar-refractivity contribution in [1.82, 2.24) is 10.2 Å². The van der Waals surface area contributed by atoms with Gasteiger partial charge < -0.3 is 4.42 Å². The van der Waals surface area contributed by atoms with Crippen molar-refractivity contribution in [3.8, 4) is 0 Å². The van der Waals surface area contributed by atoms with Gasteiger partial charge in [-0.05, 0) is 37.6 Å². The Morgan fingerprint density at radius 3 is 2.54 bits per heavy atom. The third-order valence-corrected chi connectivity index (χ3v) is 7.68. The molecule has 1 aromatic heterocycles. The Morgan fingerprint density at radius 1 is 1.00 bits per heavy atom. The van der Waals surface area contributed by atoms with E-state index in [1.165, 1.54) is 29.1 Å². The summed E-state index contributed by atoms with van der Waals surface area (Å²) >= 11 is 0. The molecule has 4 aliphatic rings. The monoisotopic (exact) mass is 378 g/mol. The van der Waals surface area contributed by atoms with Crippen LogP contribution in [0.15, 0.2) is 28.7 Å². The highest BCUT2D eigenvalue weighted by atomic mass is 16.3. The van der Waals surface area contributed by atoms with E-state index in [4.69, 9.17) is 4.42 Å². The van der Waals surface area contributed by atoms with Gasteiger partial charge in [-0.2, -0.15) is 0 Å². The van der Waals surface area contributed by atoms with Crippen LogP contribution in [0, 0.1) is 17.8 Å². The summed E-state index contributed by atoms with van der Waals surface area (Å²) in [7, 11) is 2.29. The van der Waals surface area contributed by atoms with Gasteiger partial charge in [0.1, 0.15) is 11.5 Å². The first-order valence-corrected chi connectivity index (χ1v) is 11.1. The summed E-state index contributed by atoms with van der Waals surface area (Å²) in [5.74, 6) is 4.95. The number of furan rings is 1. The summed E-state index contributed by atoms with van der Waals surface area (Å²) in [6.45, 7) is 9.35. The van der Waals surface area contributed by atoms with E-state index in [0.29, 0.717) is 47.8 Å². The molecule has 5 rings (SSSR count). The van der Waals surface area contributed by atoms with Gasteiger partial charge in [0.15, 0.2) is 0 Å². The average Bonchev–Trinajstić information content (AvgIpc) is 3.15. The number of hydrogen-bond acceptors (Lipinski definition) is 3. The predicted molar refractivity (Wildman–Crippen MR) is 116 cm³/mol. The second kappa shape index (κ2) is 6.74. The lowest BCUT2D eigenvalue weighted by Gasteiger charge is -2.34. The Morgan fingerprint density at radius 2 is 1.75 bits per heavy atom. The molecule has 0 spiro atoms. The third kappa shape index (κ3) is 2.70. The zero-order valence-electron chi connectivity index (χ0n) is 17.9. The van der Waals surface area contributed by atoms with Crippen LogP contribution in [0.5, 0.6) is 0 Å². The Kier molecular flexibility index (Phi) is 4.44. The van der Waals surface area contributed by atoms with Crippen molar-refractivity contribution in [2.75, 3.05) is 7.05 Å². The molecule has 0 saturated carbocycles. The number of nitrogens with one attached hydrogen (secondary N) is 1. The summed E-state index contributed by atoms with van der Waals surface area (Å²) in [4.78, 5) is 2.55. The Hall–Kier alpha value is -1.58. The molecule has 1 aliphatic heterocycles. The number of hydrogen-bond donors (Lipinski definition) is 1. The summed E-state index contributed by atoms with van der Waals surface area (Å²) in [6, 6.07) is 1.02. The van der Waals surface area contributed by atoms with Crippen molar-refractivity contribution >= 4 is 12.2 Å². The molecule has 0 radical (unpaired) electrons. The van der Waals surface area contributed by atoms with Crippen LogP contribution in [0.2, 0.25) is 0 Å². The summed E-state index contributed by atoms with van der Waals surface area (Å²) < 4.78 is 6.71. The average molecular weight is 379 g/mol. The quantitative estimate of drug-likeness (QED) is 0.665. The van der Waals surface area contributed by atoms with Gasteiger partial charge >= 0.3 is 0 Å². The molecule has 150 valence electrons. The molecule has 1 aromatic rings. The van der Waals surface area contributed by atoms with Crippen LogP contribution < -0.4 is 5.32 Å². The minimum absolute atomic E-state index is 0.312. The van der Waals surface area contributed by atoms with Gasteiger partial charge in [0, 0.05) is 29.1 Å². The first-order chi connectivity index (χ1) is 13.5.